The average Bonchev–Trinajstić information content (AvgIpc) is 2.26. The first-order valence-electron chi connectivity index (χ1n) is 5.84. The third kappa shape index (κ3) is 4.08. The van der Waals surface area contributed by atoms with Gasteiger partial charge in [-0.15, -0.1) is 0 Å². The Kier molecular flexibility index (Phi) is 5.18. The van der Waals surface area contributed by atoms with Gasteiger partial charge in [0, 0.05) is 39.3 Å². The lowest BCUT2D eigenvalue weighted by atomic mass is 10.2. The monoisotopic (exact) mass is 229 g/mol. The van der Waals surface area contributed by atoms with Crippen molar-refractivity contribution in [2.24, 2.45) is 0 Å². The van der Waals surface area contributed by atoms with Crippen LogP contribution in [-0.4, -0.2) is 85.2 Å². The Bertz CT molecular complexity index is 225. The molecule has 0 spiro atoms. The Balaban J connectivity index is 2.25. The SMILES string of the molecule is CC(C(=O)O)N1CCN(CCN(C)C)CC1. The lowest BCUT2D eigenvalue weighted by Crippen LogP contribution is -2.52. The maximum atomic E-state index is 10.8. The molecule has 1 N–H and O–H groups in total. The minimum Gasteiger partial charge on any atom is -0.480 e. The van der Waals surface area contributed by atoms with Crippen LogP contribution in [0.25, 0.3) is 0 Å². The molecule has 0 radical (unpaired) electrons. The number of likely N-dealkylation sites (N-methyl/N-ethyl adjacent to an activating group) is 1. The highest BCUT2D eigenvalue weighted by Gasteiger charge is 2.24. The standard InChI is InChI=1S/C11H23N3O2/c1-10(11(15)16)14-8-6-13(7-9-14)5-4-12(2)3/h10H,4-9H2,1-3H3,(H,15,16). The Labute approximate surface area is 97.6 Å². The minimum atomic E-state index is -0.721. The zero-order chi connectivity index (χ0) is 12.1. The van der Waals surface area contributed by atoms with E-state index in [1.165, 1.54) is 0 Å². The number of hydrogen-bond donors (Lipinski definition) is 1. The maximum Gasteiger partial charge on any atom is 0.320 e. The van der Waals surface area contributed by atoms with E-state index in [0.29, 0.717) is 0 Å². The smallest absolute Gasteiger partial charge is 0.320 e. The van der Waals surface area contributed by atoms with Crippen molar-refractivity contribution in [1.29, 1.82) is 0 Å². The van der Waals surface area contributed by atoms with Gasteiger partial charge in [-0.25, -0.2) is 0 Å². The van der Waals surface area contributed by atoms with Gasteiger partial charge >= 0.3 is 5.97 Å². The molecule has 0 aromatic carbocycles. The van der Waals surface area contributed by atoms with Crippen molar-refractivity contribution >= 4 is 5.97 Å². The molecule has 0 aromatic heterocycles. The van der Waals surface area contributed by atoms with E-state index in [2.05, 4.69) is 23.9 Å². The van der Waals surface area contributed by atoms with Crippen molar-refractivity contribution in [3.63, 3.8) is 0 Å². The summed E-state index contributed by atoms with van der Waals surface area (Å²) < 4.78 is 0. The molecule has 1 aliphatic rings. The van der Waals surface area contributed by atoms with Crippen LogP contribution in [-0.2, 0) is 4.79 Å². The topological polar surface area (TPSA) is 47.0 Å². The van der Waals surface area contributed by atoms with E-state index in [4.69, 9.17) is 5.11 Å². The molecule has 5 nitrogen and oxygen atoms in total. The van der Waals surface area contributed by atoms with Gasteiger partial charge in [0.1, 0.15) is 6.04 Å². The molecule has 0 bridgehead atoms. The van der Waals surface area contributed by atoms with Crippen LogP contribution in [0.2, 0.25) is 0 Å². The molecular formula is C11H23N3O2. The molecule has 1 rings (SSSR count). The number of rotatable bonds is 5. The highest BCUT2D eigenvalue weighted by molar-refractivity contribution is 5.72. The van der Waals surface area contributed by atoms with Gasteiger partial charge in [0.25, 0.3) is 0 Å². The predicted molar refractivity (Wildman–Crippen MR) is 63.7 cm³/mol. The van der Waals surface area contributed by atoms with Crippen LogP contribution in [0.3, 0.4) is 0 Å². The minimum absolute atomic E-state index is 0.351. The largest absolute Gasteiger partial charge is 0.480 e. The molecule has 1 saturated heterocycles. The van der Waals surface area contributed by atoms with Crippen LogP contribution in [0.5, 0.6) is 0 Å². The number of carboxylic acid groups (broad SMARTS) is 1. The second-order valence-corrected chi connectivity index (χ2v) is 4.70. The van der Waals surface area contributed by atoms with Crippen molar-refractivity contribution < 1.29 is 9.90 Å². The van der Waals surface area contributed by atoms with E-state index >= 15 is 0 Å². The fourth-order valence-corrected chi connectivity index (χ4v) is 1.87. The van der Waals surface area contributed by atoms with Crippen molar-refractivity contribution in [1.82, 2.24) is 14.7 Å². The van der Waals surface area contributed by atoms with E-state index in [1.54, 1.807) is 6.92 Å². The zero-order valence-corrected chi connectivity index (χ0v) is 10.5. The van der Waals surface area contributed by atoms with Crippen LogP contribution < -0.4 is 0 Å². The molecule has 16 heavy (non-hydrogen) atoms. The summed E-state index contributed by atoms with van der Waals surface area (Å²) in [6, 6.07) is -0.351. The van der Waals surface area contributed by atoms with Gasteiger partial charge in [0.15, 0.2) is 0 Å². The number of piperazine rings is 1. The lowest BCUT2D eigenvalue weighted by Gasteiger charge is -2.36. The van der Waals surface area contributed by atoms with Crippen LogP contribution in [0.4, 0.5) is 0 Å². The van der Waals surface area contributed by atoms with Crippen LogP contribution in [0.1, 0.15) is 6.92 Å². The van der Waals surface area contributed by atoms with Gasteiger partial charge < -0.3 is 10.0 Å². The van der Waals surface area contributed by atoms with Gasteiger partial charge in [0.2, 0.25) is 0 Å². The van der Waals surface area contributed by atoms with Crippen LogP contribution in [0, 0.1) is 0 Å². The normalized spacial score (nSPS) is 21.2. The Morgan fingerprint density at radius 1 is 1.31 bits per heavy atom. The molecule has 5 heteroatoms. The number of carbonyl (C=O) groups is 1. The second-order valence-electron chi connectivity index (χ2n) is 4.70. The predicted octanol–water partition coefficient (Wildman–Crippen LogP) is -0.361. The Morgan fingerprint density at radius 3 is 2.31 bits per heavy atom. The van der Waals surface area contributed by atoms with Gasteiger partial charge in [-0.2, -0.15) is 0 Å². The molecule has 0 aromatic rings. The van der Waals surface area contributed by atoms with E-state index in [0.717, 1.165) is 39.3 Å². The van der Waals surface area contributed by atoms with Crippen molar-refractivity contribution in [3.05, 3.63) is 0 Å². The van der Waals surface area contributed by atoms with Gasteiger partial charge in [-0.3, -0.25) is 14.6 Å². The summed E-state index contributed by atoms with van der Waals surface area (Å²) in [4.78, 5) is 17.4. The fraction of sp³-hybridized carbons (Fsp3) is 0.909. The van der Waals surface area contributed by atoms with E-state index < -0.39 is 5.97 Å². The first-order chi connectivity index (χ1) is 7.50. The second kappa shape index (κ2) is 6.18. The lowest BCUT2D eigenvalue weighted by molar-refractivity contribution is -0.143. The van der Waals surface area contributed by atoms with Gasteiger partial charge in [-0.1, -0.05) is 0 Å². The highest BCUT2D eigenvalue weighted by atomic mass is 16.4. The fourth-order valence-electron chi connectivity index (χ4n) is 1.87. The molecule has 1 fully saturated rings. The van der Waals surface area contributed by atoms with Gasteiger partial charge in [0.05, 0.1) is 0 Å². The van der Waals surface area contributed by atoms with Crippen molar-refractivity contribution in [2.75, 3.05) is 53.4 Å². The summed E-state index contributed by atoms with van der Waals surface area (Å²) in [5.41, 5.74) is 0. The highest BCUT2D eigenvalue weighted by Crippen LogP contribution is 2.06. The molecule has 1 aliphatic heterocycles. The molecule has 0 saturated carbocycles. The molecule has 1 unspecified atom stereocenters. The third-order valence-electron chi connectivity index (χ3n) is 3.18. The van der Waals surface area contributed by atoms with E-state index in [9.17, 15) is 4.79 Å². The molecule has 1 heterocycles. The first kappa shape index (κ1) is 13.4. The molecule has 1 atom stereocenters. The molecule has 0 amide bonds. The number of nitrogens with zero attached hydrogens (tertiary/aromatic N) is 3. The summed E-state index contributed by atoms with van der Waals surface area (Å²) in [6.07, 6.45) is 0. The maximum absolute atomic E-state index is 10.8. The quantitative estimate of drug-likeness (QED) is 0.697. The summed E-state index contributed by atoms with van der Waals surface area (Å²) in [5, 5.41) is 8.91. The summed E-state index contributed by atoms with van der Waals surface area (Å²) in [7, 11) is 4.14. The molecule has 0 aliphatic carbocycles. The van der Waals surface area contributed by atoms with Gasteiger partial charge in [-0.05, 0) is 21.0 Å². The van der Waals surface area contributed by atoms with Crippen molar-refractivity contribution in [3.8, 4) is 0 Å². The number of aliphatic carboxylic acids is 1. The molecule has 94 valence electrons. The average molecular weight is 229 g/mol. The Morgan fingerprint density at radius 2 is 1.88 bits per heavy atom. The third-order valence-corrected chi connectivity index (χ3v) is 3.18. The van der Waals surface area contributed by atoms with Crippen molar-refractivity contribution in [2.45, 2.75) is 13.0 Å². The van der Waals surface area contributed by atoms with E-state index in [-0.39, 0.29) is 6.04 Å². The zero-order valence-electron chi connectivity index (χ0n) is 10.5. The van der Waals surface area contributed by atoms with Crippen LogP contribution in [0.15, 0.2) is 0 Å². The summed E-state index contributed by atoms with van der Waals surface area (Å²) in [5.74, 6) is -0.721. The first-order valence-corrected chi connectivity index (χ1v) is 5.84. The summed E-state index contributed by atoms with van der Waals surface area (Å²) >= 11 is 0. The Hall–Kier alpha value is -0.650. The van der Waals surface area contributed by atoms with E-state index in [1.807, 2.05) is 4.90 Å². The molecular weight excluding hydrogens is 206 g/mol. The number of hydrogen-bond acceptors (Lipinski definition) is 4. The number of carboxylic acids is 1. The summed E-state index contributed by atoms with van der Waals surface area (Å²) in [6.45, 7) is 7.58. The van der Waals surface area contributed by atoms with Crippen LogP contribution >= 0.6 is 0 Å².